The Balaban J connectivity index is 2.11. The van der Waals surface area contributed by atoms with E-state index in [0.29, 0.717) is 22.3 Å². The van der Waals surface area contributed by atoms with Crippen molar-refractivity contribution >= 4 is 23.2 Å². The fourth-order valence-electron chi connectivity index (χ4n) is 1.82. The summed E-state index contributed by atoms with van der Waals surface area (Å²) in [4.78, 5) is 0. The van der Waals surface area contributed by atoms with Gasteiger partial charge in [-0.25, -0.2) is 0 Å². The molecule has 0 bridgehead atoms. The van der Waals surface area contributed by atoms with Crippen LogP contribution in [0.5, 0.6) is 5.75 Å². The third-order valence-corrected chi connectivity index (χ3v) is 3.51. The summed E-state index contributed by atoms with van der Waals surface area (Å²) in [5, 5.41) is 22.7. The normalized spacial score (nSPS) is 12.4. The molecule has 120 valence electrons. The third-order valence-electron chi connectivity index (χ3n) is 2.97. The number of nitrogens with one attached hydrogen (secondary N) is 1. The number of aliphatic hydroxyl groups is 2. The van der Waals surface area contributed by atoms with Crippen molar-refractivity contribution < 1.29 is 14.9 Å². The number of hydrogen-bond donors (Lipinski definition) is 3. The van der Waals surface area contributed by atoms with Crippen LogP contribution in [-0.4, -0.2) is 42.6 Å². The topological polar surface area (TPSA) is 61.7 Å². The Morgan fingerprint density at radius 3 is 2.67 bits per heavy atom. The molecule has 4 nitrogen and oxygen atoms in total. The lowest BCUT2D eigenvalue weighted by Crippen LogP contribution is -2.32. The molecule has 0 aliphatic carbocycles. The van der Waals surface area contributed by atoms with Crippen LogP contribution in [0.2, 0.25) is 10.0 Å². The highest BCUT2D eigenvalue weighted by Gasteiger charge is 2.07. The van der Waals surface area contributed by atoms with Crippen molar-refractivity contribution in [3.63, 3.8) is 0 Å². The molecule has 0 aliphatic rings. The Hall–Kier alpha value is -0.520. The van der Waals surface area contributed by atoms with E-state index in [1.165, 1.54) is 0 Å². The van der Waals surface area contributed by atoms with Gasteiger partial charge in [-0.15, -0.1) is 0 Å². The predicted molar refractivity (Wildman–Crippen MR) is 86.4 cm³/mol. The standard InChI is InChI=1S/C15H23Cl2NO3/c16-12-5-6-14(17)15(9-12)21-11-13(20)10-18-7-3-1-2-4-8-19/h5-6,9,13,18-20H,1-4,7-8,10-11H2. The molecule has 21 heavy (non-hydrogen) atoms. The molecule has 0 fully saturated rings. The second-order valence-corrected chi connectivity index (χ2v) is 5.73. The van der Waals surface area contributed by atoms with E-state index in [0.717, 1.165) is 32.2 Å². The minimum Gasteiger partial charge on any atom is -0.489 e. The van der Waals surface area contributed by atoms with Crippen molar-refractivity contribution in [1.29, 1.82) is 0 Å². The van der Waals surface area contributed by atoms with Crippen molar-refractivity contribution in [2.24, 2.45) is 0 Å². The minimum absolute atomic E-state index is 0.164. The van der Waals surface area contributed by atoms with Gasteiger partial charge in [-0.3, -0.25) is 0 Å². The van der Waals surface area contributed by atoms with E-state index in [2.05, 4.69) is 5.32 Å². The molecule has 0 radical (unpaired) electrons. The average molecular weight is 336 g/mol. The molecule has 0 amide bonds. The van der Waals surface area contributed by atoms with E-state index in [-0.39, 0.29) is 13.2 Å². The maximum absolute atomic E-state index is 9.81. The first-order valence-electron chi connectivity index (χ1n) is 7.21. The van der Waals surface area contributed by atoms with Gasteiger partial charge in [-0.05, 0) is 31.5 Å². The summed E-state index contributed by atoms with van der Waals surface area (Å²) >= 11 is 11.8. The SMILES string of the molecule is OCCCCCCNCC(O)COc1cc(Cl)ccc1Cl. The maximum Gasteiger partial charge on any atom is 0.139 e. The number of hydrogen-bond acceptors (Lipinski definition) is 4. The van der Waals surface area contributed by atoms with Crippen LogP contribution in [0.25, 0.3) is 0 Å². The third kappa shape index (κ3) is 8.49. The summed E-state index contributed by atoms with van der Waals surface area (Å²) in [6.45, 7) is 1.74. The highest BCUT2D eigenvalue weighted by Crippen LogP contribution is 2.27. The first-order chi connectivity index (χ1) is 10.1. The molecule has 6 heteroatoms. The number of unbranched alkanes of at least 4 members (excludes halogenated alkanes) is 3. The number of rotatable bonds is 11. The van der Waals surface area contributed by atoms with Crippen LogP contribution < -0.4 is 10.1 Å². The summed E-state index contributed by atoms with van der Waals surface area (Å²) in [6.07, 6.45) is 3.41. The molecule has 0 saturated carbocycles. The first kappa shape index (κ1) is 18.5. The fraction of sp³-hybridized carbons (Fsp3) is 0.600. The van der Waals surface area contributed by atoms with Gasteiger partial charge in [0.25, 0.3) is 0 Å². The van der Waals surface area contributed by atoms with E-state index < -0.39 is 6.10 Å². The lowest BCUT2D eigenvalue weighted by molar-refractivity contribution is 0.106. The van der Waals surface area contributed by atoms with Crippen molar-refractivity contribution in [3.05, 3.63) is 28.2 Å². The molecule has 0 aromatic heterocycles. The van der Waals surface area contributed by atoms with Crippen molar-refractivity contribution in [2.75, 3.05) is 26.3 Å². The van der Waals surface area contributed by atoms with Crippen LogP contribution in [0.1, 0.15) is 25.7 Å². The van der Waals surface area contributed by atoms with Gasteiger partial charge < -0.3 is 20.3 Å². The molecule has 3 N–H and O–H groups in total. The van der Waals surface area contributed by atoms with E-state index in [9.17, 15) is 5.11 Å². The molecule has 0 aliphatic heterocycles. The Labute approximate surface area is 136 Å². The number of aliphatic hydroxyl groups excluding tert-OH is 2. The van der Waals surface area contributed by atoms with Gasteiger partial charge in [-0.1, -0.05) is 36.0 Å². The zero-order chi connectivity index (χ0) is 15.5. The van der Waals surface area contributed by atoms with Gasteiger partial charge in [0.05, 0.1) is 5.02 Å². The molecular formula is C15H23Cl2NO3. The molecular weight excluding hydrogens is 313 g/mol. The first-order valence-corrected chi connectivity index (χ1v) is 7.96. The van der Waals surface area contributed by atoms with Crippen molar-refractivity contribution in [1.82, 2.24) is 5.32 Å². The molecule has 0 saturated heterocycles. The second-order valence-electron chi connectivity index (χ2n) is 4.88. The summed E-state index contributed by atoms with van der Waals surface area (Å²) in [6, 6.07) is 4.98. The molecule has 1 aromatic carbocycles. The predicted octanol–water partition coefficient (Wildman–Crippen LogP) is 2.88. The van der Waals surface area contributed by atoms with Gasteiger partial charge in [0.15, 0.2) is 0 Å². The lowest BCUT2D eigenvalue weighted by atomic mass is 10.2. The molecule has 1 aromatic rings. The summed E-state index contributed by atoms with van der Waals surface area (Å²) in [7, 11) is 0. The summed E-state index contributed by atoms with van der Waals surface area (Å²) < 4.78 is 5.46. The van der Waals surface area contributed by atoms with Gasteiger partial charge in [0.2, 0.25) is 0 Å². The summed E-state index contributed by atoms with van der Waals surface area (Å²) in [5.41, 5.74) is 0. The maximum atomic E-state index is 9.81. The Bertz CT molecular complexity index is 405. The molecule has 0 heterocycles. The highest BCUT2D eigenvalue weighted by molar-refractivity contribution is 6.34. The minimum atomic E-state index is -0.600. The molecule has 1 atom stereocenters. The van der Waals surface area contributed by atoms with Crippen LogP contribution >= 0.6 is 23.2 Å². The van der Waals surface area contributed by atoms with E-state index in [1.807, 2.05) is 0 Å². The smallest absolute Gasteiger partial charge is 0.139 e. The average Bonchev–Trinajstić information content (AvgIpc) is 2.47. The quantitative estimate of drug-likeness (QED) is 0.544. The molecule has 1 unspecified atom stereocenters. The zero-order valence-corrected chi connectivity index (χ0v) is 13.5. The lowest BCUT2D eigenvalue weighted by Gasteiger charge is -2.14. The Morgan fingerprint density at radius 2 is 1.90 bits per heavy atom. The van der Waals surface area contributed by atoms with Gasteiger partial charge in [-0.2, -0.15) is 0 Å². The van der Waals surface area contributed by atoms with E-state index in [1.54, 1.807) is 18.2 Å². The Kier molecular flexibility index (Phi) is 9.79. The van der Waals surface area contributed by atoms with Crippen LogP contribution in [0, 0.1) is 0 Å². The number of ether oxygens (including phenoxy) is 1. The highest BCUT2D eigenvalue weighted by atomic mass is 35.5. The van der Waals surface area contributed by atoms with Crippen LogP contribution in [0.3, 0.4) is 0 Å². The summed E-state index contributed by atoms with van der Waals surface area (Å²) in [5.74, 6) is 0.479. The number of halogens is 2. The van der Waals surface area contributed by atoms with E-state index >= 15 is 0 Å². The van der Waals surface area contributed by atoms with Crippen molar-refractivity contribution in [3.8, 4) is 5.75 Å². The zero-order valence-electron chi connectivity index (χ0n) is 12.0. The molecule has 0 spiro atoms. The van der Waals surface area contributed by atoms with Crippen LogP contribution in [-0.2, 0) is 0 Å². The number of benzene rings is 1. The van der Waals surface area contributed by atoms with Gasteiger partial charge in [0, 0.05) is 24.2 Å². The van der Waals surface area contributed by atoms with Crippen LogP contribution in [0.15, 0.2) is 18.2 Å². The van der Waals surface area contributed by atoms with Gasteiger partial charge in [0.1, 0.15) is 18.5 Å². The molecule has 1 rings (SSSR count). The second kappa shape index (κ2) is 11.1. The van der Waals surface area contributed by atoms with Crippen molar-refractivity contribution in [2.45, 2.75) is 31.8 Å². The Morgan fingerprint density at radius 1 is 1.14 bits per heavy atom. The fourth-order valence-corrected chi connectivity index (χ4v) is 2.15. The largest absolute Gasteiger partial charge is 0.489 e. The monoisotopic (exact) mass is 335 g/mol. The van der Waals surface area contributed by atoms with E-state index in [4.69, 9.17) is 33.0 Å². The van der Waals surface area contributed by atoms with Crippen LogP contribution in [0.4, 0.5) is 0 Å². The van der Waals surface area contributed by atoms with Gasteiger partial charge >= 0.3 is 0 Å².